The fourth-order valence-electron chi connectivity index (χ4n) is 3.26. The van der Waals surface area contributed by atoms with Crippen molar-refractivity contribution in [1.82, 2.24) is 15.0 Å². The number of nitrogens with zero attached hydrogens (tertiary/aromatic N) is 3. The minimum absolute atomic E-state index is 0.0268. The summed E-state index contributed by atoms with van der Waals surface area (Å²) in [6, 6.07) is 9.73. The number of likely N-dealkylation sites (tertiary alicyclic amines) is 1. The number of carbonyl (C=O) groups excluding carboxylic acids is 1. The Balaban J connectivity index is 1.44. The van der Waals surface area contributed by atoms with E-state index in [1.807, 2.05) is 35.2 Å². The average Bonchev–Trinajstić information content (AvgIpc) is 3.35. The zero-order chi connectivity index (χ0) is 15.6. The Morgan fingerprint density at radius 1 is 1.22 bits per heavy atom. The molecule has 2 aliphatic heterocycles. The molecule has 2 atom stereocenters. The van der Waals surface area contributed by atoms with Crippen molar-refractivity contribution < 1.29 is 14.1 Å². The van der Waals surface area contributed by atoms with Gasteiger partial charge in [-0.15, -0.1) is 0 Å². The number of amides is 1. The molecule has 2 fully saturated rings. The molecule has 3 heterocycles. The van der Waals surface area contributed by atoms with Gasteiger partial charge in [-0.25, -0.2) is 0 Å². The van der Waals surface area contributed by atoms with Gasteiger partial charge in [0.05, 0.1) is 12.5 Å². The lowest BCUT2D eigenvalue weighted by molar-refractivity contribution is -0.134. The van der Waals surface area contributed by atoms with Crippen LogP contribution in [0.1, 0.15) is 24.6 Å². The molecule has 0 aliphatic carbocycles. The van der Waals surface area contributed by atoms with Gasteiger partial charge >= 0.3 is 0 Å². The zero-order valence-electron chi connectivity index (χ0n) is 12.9. The first-order chi connectivity index (χ1) is 11.3. The number of carbonyl (C=O) groups is 1. The number of hydrogen-bond acceptors (Lipinski definition) is 5. The van der Waals surface area contributed by atoms with Crippen LogP contribution in [-0.4, -0.2) is 47.3 Å². The van der Waals surface area contributed by atoms with Crippen LogP contribution in [0.4, 0.5) is 0 Å². The standard InChI is InChI=1S/C17H19N3O3/c21-17(14-7-9-22-11-14)20-8-6-13(10-20)15-18-16(23-19-15)12-4-2-1-3-5-12/h1-5,13-14H,6-11H2/t13-,14+/m1/s1. The molecule has 2 saturated heterocycles. The second-order valence-electron chi connectivity index (χ2n) is 6.15. The minimum Gasteiger partial charge on any atom is -0.381 e. The number of benzene rings is 1. The van der Waals surface area contributed by atoms with Gasteiger partial charge < -0.3 is 14.2 Å². The van der Waals surface area contributed by atoms with Crippen LogP contribution in [0.5, 0.6) is 0 Å². The molecule has 6 nitrogen and oxygen atoms in total. The van der Waals surface area contributed by atoms with Crippen molar-refractivity contribution in [3.8, 4) is 11.5 Å². The summed E-state index contributed by atoms with van der Waals surface area (Å²) in [5.74, 6) is 1.62. The Labute approximate surface area is 134 Å². The summed E-state index contributed by atoms with van der Waals surface area (Å²) in [7, 11) is 0. The molecule has 2 aromatic rings. The third-order valence-corrected chi connectivity index (χ3v) is 4.61. The Bertz CT molecular complexity index is 679. The van der Waals surface area contributed by atoms with Crippen molar-refractivity contribution in [2.24, 2.45) is 5.92 Å². The summed E-state index contributed by atoms with van der Waals surface area (Å²) in [6.45, 7) is 2.68. The molecule has 4 rings (SSSR count). The third kappa shape index (κ3) is 2.86. The third-order valence-electron chi connectivity index (χ3n) is 4.61. The molecule has 0 bridgehead atoms. The SMILES string of the molecule is O=C([C@H]1CCOC1)N1CC[C@@H](c2noc(-c3ccccc3)n2)C1. The van der Waals surface area contributed by atoms with Crippen LogP contribution in [0.2, 0.25) is 0 Å². The average molecular weight is 313 g/mol. The maximum Gasteiger partial charge on any atom is 0.257 e. The summed E-state index contributed by atoms with van der Waals surface area (Å²) in [6.07, 6.45) is 1.72. The Kier molecular flexibility index (Phi) is 3.83. The van der Waals surface area contributed by atoms with E-state index in [1.54, 1.807) is 0 Å². The molecule has 23 heavy (non-hydrogen) atoms. The maximum absolute atomic E-state index is 12.4. The van der Waals surface area contributed by atoms with Crippen LogP contribution < -0.4 is 0 Å². The number of aromatic nitrogens is 2. The van der Waals surface area contributed by atoms with E-state index in [2.05, 4.69) is 10.1 Å². The van der Waals surface area contributed by atoms with Gasteiger partial charge in [-0.1, -0.05) is 23.4 Å². The second-order valence-corrected chi connectivity index (χ2v) is 6.15. The predicted molar refractivity (Wildman–Crippen MR) is 82.6 cm³/mol. The predicted octanol–water partition coefficient (Wildman–Crippen LogP) is 2.09. The first kappa shape index (κ1) is 14.4. The summed E-state index contributed by atoms with van der Waals surface area (Å²) < 4.78 is 10.7. The molecule has 0 N–H and O–H groups in total. The van der Waals surface area contributed by atoms with Crippen molar-refractivity contribution in [2.75, 3.05) is 26.3 Å². The molecule has 0 spiro atoms. The highest BCUT2D eigenvalue weighted by molar-refractivity contribution is 5.79. The number of rotatable bonds is 3. The Morgan fingerprint density at radius 2 is 2.09 bits per heavy atom. The largest absolute Gasteiger partial charge is 0.381 e. The van der Waals surface area contributed by atoms with Crippen molar-refractivity contribution >= 4 is 5.91 Å². The smallest absolute Gasteiger partial charge is 0.257 e. The van der Waals surface area contributed by atoms with Gasteiger partial charge in [0.2, 0.25) is 5.91 Å². The van der Waals surface area contributed by atoms with Gasteiger partial charge in [-0.3, -0.25) is 4.79 Å². The van der Waals surface area contributed by atoms with E-state index >= 15 is 0 Å². The van der Waals surface area contributed by atoms with Gasteiger partial charge in [0.15, 0.2) is 5.82 Å². The lowest BCUT2D eigenvalue weighted by atomic mass is 10.1. The number of ether oxygens (including phenoxy) is 1. The van der Waals surface area contributed by atoms with Crippen molar-refractivity contribution in [1.29, 1.82) is 0 Å². The van der Waals surface area contributed by atoms with Crippen LogP contribution in [0.3, 0.4) is 0 Å². The van der Waals surface area contributed by atoms with Gasteiger partial charge in [-0.2, -0.15) is 4.98 Å². The van der Waals surface area contributed by atoms with E-state index in [4.69, 9.17) is 9.26 Å². The molecular formula is C17H19N3O3. The van der Waals surface area contributed by atoms with E-state index in [-0.39, 0.29) is 17.7 Å². The maximum atomic E-state index is 12.4. The van der Waals surface area contributed by atoms with Gasteiger partial charge in [0, 0.05) is 31.2 Å². The molecule has 1 aromatic carbocycles. The lowest BCUT2D eigenvalue weighted by Gasteiger charge is -2.19. The van der Waals surface area contributed by atoms with Crippen molar-refractivity contribution in [2.45, 2.75) is 18.8 Å². The molecule has 120 valence electrons. The summed E-state index contributed by atoms with van der Waals surface area (Å²) >= 11 is 0. The highest BCUT2D eigenvalue weighted by atomic mass is 16.5. The van der Waals surface area contributed by atoms with Crippen molar-refractivity contribution in [3.63, 3.8) is 0 Å². The molecule has 0 unspecified atom stereocenters. The molecule has 0 saturated carbocycles. The normalized spacial score (nSPS) is 24.3. The van der Waals surface area contributed by atoms with E-state index in [0.717, 1.165) is 24.9 Å². The van der Waals surface area contributed by atoms with E-state index < -0.39 is 0 Å². The van der Waals surface area contributed by atoms with E-state index in [0.29, 0.717) is 31.5 Å². The van der Waals surface area contributed by atoms with Crippen LogP contribution in [0, 0.1) is 5.92 Å². The van der Waals surface area contributed by atoms with Crippen LogP contribution in [-0.2, 0) is 9.53 Å². The van der Waals surface area contributed by atoms with Crippen molar-refractivity contribution in [3.05, 3.63) is 36.2 Å². The van der Waals surface area contributed by atoms with Crippen LogP contribution in [0.15, 0.2) is 34.9 Å². The van der Waals surface area contributed by atoms with Gasteiger partial charge in [0.25, 0.3) is 5.89 Å². The molecule has 0 radical (unpaired) electrons. The van der Waals surface area contributed by atoms with E-state index in [9.17, 15) is 4.79 Å². The van der Waals surface area contributed by atoms with Gasteiger partial charge in [0.1, 0.15) is 0 Å². The van der Waals surface area contributed by atoms with Gasteiger partial charge in [-0.05, 0) is 25.0 Å². The molecule has 1 aromatic heterocycles. The summed E-state index contributed by atoms with van der Waals surface area (Å²) in [5.41, 5.74) is 0.917. The molecule has 6 heteroatoms. The molecular weight excluding hydrogens is 294 g/mol. The zero-order valence-corrected chi connectivity index (χ0v) is 12.9. The summed E-state index contributed by atoms with van der Waals surface area (Å²) in [4.78, 5) is 18.9. The fourth-order valence-corrected chi connectivity index (χ4v) is 3.26. The number of hydrogen-bond donors (Lipinski definition) is 0. The highest BCUT2D eigenvalue weighted by Gasteiger charge is 2.35. The lowest BCUT2D eigenvalue weighted by Crippen LogP contribution is -2.34. The fraction of sp³-hybridized carbons (Fsp3) is 0.471. The highest BCUT2D eigenvalue weighted by Crippen LogP contribution is 2.29. The topological polar surface area (TPSA) is 68.5 Å². The molecule has 2 aliphatic rings. The first-order valence-electron chi connectivity index (χ1n) is 8.07. The monoisotopic (exact) mass is 313 g/mol. The summed E-state index contributed by atoms with van der Waals surface area (Å²) in [5, 5.41) is 4.12. The van der Waals surface area contributed by atoms with Crippen LogP contribution in [0.25, 0.3) is 11.5 Å². The first-order valence-corrected chi connectivity index (χ1v) is 8.07. The Morgan fingerprint density at radius 3 is 2.87 bits per heavy atom. The quantitative estimate of drug-likeness (QED) is 0.868. The Hall–Kier alpha value is -2.21. The molecule has 1 amide bonds. The second kappa shape index (κ2) is 6.12. The van der Waals surface area contributed by atoms with E-state index in [1.165, 1.54) is 0 Å². The van der Waals surface area contributed by atoms with Crippen LogP contribution >= 0.6 is 0 Å². The minimum atomic E-state index is 0.0268.